The molecule has 1 heterocycles. The number of rotatable bonds is 2. The van der Waals surface area contributed by atoms with Gasteiger partial charge >= 0.3 is 0 Å². The van der Waals surface area contributed by atoms with Crippen LogP contribution >= 0.6 is 15.9 Å². The van der Waals surface area contributed by atoms with Gasteiger partial charge < -0.3 is 5.21 Å². The largest absolute Gasteiger partial charge is 0.410 e. The van der Waals surface area contributed by atoms with Crippen LogP contribution in [0.5, 0.6) is 0 Å². The Morgan fingerprint density at radius 2 is 2.06 bits per heavy atom. The molecule has 0 atom stereocenters. The molecule has 0 fully saturated rings. The minimum atomic E-state index is -0.481. The quantitative estimate of drug-likeness (QED) is 0.525. The molecule has 0 saturated carbocycles. The molecule has 86 valence electrons. The first kappa shape index (κ1) is 11.7. The molecule has 0 saturated heterocycles. The summed E-state index contributed by atoms with van der Waals surface area (Å²) in [5.41, 5.74) is 0.706. The summed E-state index contributed by atoms with van der Waals surface area (Å²) in [5, 5.41) is 12.1. The fraction of sp³-hybridized carbons (Fsp3) is 0. The van der Waals surface area contributed by atoms with E-state index in [1.807, 2.05) is 0 Å². The Morgan fingerprint density at radius 1 is 1.24 bits per heavy atom. The first-order chi connectivity index (χ1) is 8.24. The molecule has 1 aromatic heterocycles. The predicted octanol–water partition coefficient (Wildman–Crippen LogP) is 3.21. The monoisotopic (exact) mass is 294 g/mol. The summed E-state index contributed by atoms with van der Waals surface area (Å²) in [6.07, 6.45) is 1.55. The van der Waals surface area contributed by atoms with Gasteiger partial charge in [0.15, 0.2) is 0 Å². The molecule has 0 radical (unpaired) electrons. The van der Waals surface area contributed by atoms with Crippen molar-refractivity contribution >= 4 is 21.6 Å². The number of hydrogen-bond donors (Lipinski definition) is 1. The number of nitrogens with zero attached hydrogens (tertiary/aromatic N) is 2. The molecule has 5 heteroatoms. The minimum Gasteiger partial charge on any atom is -0.410 e. The lowest BCUT2D eigenvalue weighted by atomic mass is 10.1. The lowest BCUT2D eigenvalue weighted by molar-refractivity contribution is 0.319. The number of oxime groups is 1. The zero-order valence-electron chi connectivity index (χ0n) is 8.64. The molecule has 0 aliphatic carbocycles. The fourth-order valence-electron chi connectivity index (χ4n) is 1.43. The van der Waals surface area contributed by atoms with Crippen LogP contribution in [0.2, 0.25) is 0 Å². The van der Waals surface area contributed by atoms with Gasteiger partial charge in [-0.2, -0.15) is 0 Å². The molecular formula is C12H8BrFN2O. The van der Waals surface area contributed by atoms with E-state index in [4.69, 9.17) is 5.21 Å². The van der Waals surface area contributed by atoms with Gasteiger partial charge in [-0.05, 0) is 40.2 Å². The van der Waals surface area contributed by atoms with E-state index in [2.05, 4.69) is 26.1 Å². The predicted molar refractivity (Wildman–Crippen MR) is 65.8 cm³/mol. The number of pyridine rings is 1. The third-order valence-electron chi connectivity index (χ3n) is 2.21. The van der Waals surface area contributed by atoms with Gasteiger partial charge in [0.05, 0.1) is 10.2 Å². The van der Waals surface area contributed by atoms with Crippen LogP contribution in [0.3, 0.4) is 0 Å². The van der Waals surface area contributed by atoms with E-state index >= 15 is 0 Å². The summed E-state index contributed by atoms with van der Waals surface area (Å²) in [5.74, 6) is -0.481. The van der Waals surface area contributed by atoms with E-state index in [9.17, 15) is 4.39 Å². The second-order valence-electron chi connectivity index (χ2n) is 3.26. The summed E-state index contributed by atoms with van der Waals surface area (Å²) in [6, 6.07) is 9.89. The van der Waals surface area contributed by atoms with Crippen LogP contribution in [0.25, 0.3) is 0 Å². The number of aromatic nitrogens is 1. The molecule has 0 aliphatic heterocycles. The highest BCUT2D eigenvalue weighted by molar-refractivity contribution is 9.10. The van der Waals surface area contributed by atoms with Crippen LogP contribution < -0.4 is 0 Å². The molecule has 1 N–H and O–H groups in total. The smallest absolute Gasteiger partial charge is 0.146 e. The highest BCUT2D eigenvalue weighted by atomic mass is 79.9. The van der Waals surface area contributed by atoms with Crippen LogP contribution in [-0.2, 0) is 0 Å². The molecule has 0 unspecified atom stereocenters. The van der Waals surface area contributed by atoms with E-state index in [1.54, 1.807) is 36.5 Å². The van der Waals surface area contributed by atoms with Gasteiger partial charge in [-0.1, -0.05) is 17.3 Å². The van der Waals surface area contributed by atoms with E-state index in [1.165, 1.54) is 6.07 Å². The maximum atomic E-state index is 13.9. The Hall–Kier alpha value is -1.75. The van der Waals surface area contributed by atoms with Gasteiger partial charge in [0, 0.05) is 11.8 Å². The molecule has 3 nitrogen and oxygen atoms in total. The highest BCUT2D eigenvalue weighted by Crippen LogP contribution is 2.20. The minimum absolute atomic E-state index is 0.101. The van der Waals surface area contributed by atoms with Gasteiger partial charge in [-0.15, -0.1) is 0 Å². The molecule has 0 bridgehead atoms. The van der Waals surface area contributed by atoms with Gasteiger partial charge in [0.25, 0.3) is 0 Å². The molecule has 0 spiro atoms. The summed E-state index contributed by atoms with van der Waals surface area (Å²) in [6.45, 7) is 0. The Bertz CT molecular complexity index is 558. The first-order valence-corrected chi connectivity index (χ1v) is 5.61. The van der Waals surface area contributed by atoms with Crippen molar-refractivity contribution < 1.29 is 9.60 Å². The van der Waals surface area contributed by atoms with Crippen molar-refractivity contribution in [2.45, 2.75) is 0 Å². The third-order valence-corrected chi connectivity index (χ3v) is 2.83. The lowest BCUT2D eigenvalue weighted by Crippen LogP contribution is -2.08. The van der Waals surface area contributed by atoms with Crippen molar-refractivity contribution in [1.29, 1.82) is 0 Å². The van der Waals surface area contributed by atoms with Crippen LogP contribution in [-0.4, -0.2) is 15.9 Å². The summed E-state index contributed by atoms with van der Waals surface area (Å²) in [7, 11) is 0. The molecule has 17 heavy (non-hydrogen) atoms. The third kappa shape index (κ3) is 2.34. The summed E-state index contributed by atoms with van der Waals surface area (Å²) in [4.78, 5) is 4.02. The average Bonchev–Trinajstić information content (AvgIpc) is 2.37. The zero-order chi connectivity index (χ0) is 12.3. The molecular weight excluding hydrogens is 287 g/mol. The number of halogens is 2. The Balaban J connectivity index is 2.55. The van der Waals surface area contributed by atoms with Crippen molar-refractivity contribution in [3.8, 4) is 0 Å². The standard InChI is InChI=1S/C12H8BrFN2O/c13-9-5-3-4-8(11(9)14)12(16-17)10-6-1-2-7-15-10/h1-7,17H/b16-12-. The maximum absolute atomic E-state index is 13.9. The summed E-state index contributed by atoms with van der Waals surface area (Å²) < 4.78 is 14.2. The van der Waals surface area contributed by atoms with E-state index in [0.717, 1.165) is 0 Å². The van der Waals surface area contributed by atoms with Gasteiger partial charge in [-0.3, -0.25) is 4.98 Å². The number of benzene rings is 1. The Kier molecular flexibility index (Phi) is 3.49. The van der Waals surface area contributed by atoms with Crippen LogP contribution in [0.1, 0.15) is 11.3 Å². The van der Waals surface area contributed by atoms with Crippen molar-refractivity contribution in [2.75, 3.05) is 0 Å². The molecule has 2 aromatic rings. The summed E-state index contributed by atoms with van der Waals surface area (Å²) >= 11 is 3.08. The van der Waals surface area contributed by atoms with Crippen LogP contribution in [0.4, 0.5) is 4.39 Å². The lowest BCUT2D eigenvalue weighted by Gasteiger charge is -2.06. The van der Waals surface area contributed by atoms with Crippen molar-refractivity contribution in [2.24, 2.45) is 5.16 Å². The second kappa shape index (κ2) is 5.05. The second-order valence-corrected chi connectivity index (χ2v) is 4.12. The van der Waals surface area contributed by atoms with Gasteiger partial charge in [0.1, 0.15) is 11.5 Å². The Morgan fingerprint density at radius 3 is 2.71 bits per heavy atom. The SMILES string of the molecule is O/N=C(\c1ccccn1)c1cccc(Br)c1F. The van der Waals surface area contributed by atoms with Crippen LogP contribution in [0, 0.1) is 5.82 Å². The van der Waals surface area contributed by atoms with Gasteiger partial charge in [0.2, 0.25) is 0 Å². The molecule has 0 aliphatic rings. The number of hydrogen-bond acceptors (Lipinski definition) is 3. The van der Waals surface area contributed by atoms with E-state index < -0.39 is 5.82 Å². The zero-order valence-corrected chi connectivity index (χ0v) is 10.2. The molecule has 2 rings (SSSR count). The topological polar surface area (TPSA) is 45.5 Å². The fourth-order valence-corrected chi connectivity index (χ4v) is 1.80. The first-order valence-electron chi connectivity index (χ1n) is 4.82. The van der Waals surface area contributed by atoms with Crippen molar-refractivity contribution in [1.82, 2.24) is 4.98 Å². The average molecular weight is 295 g/mol. The van der Waals surface area contributed by atoms with Gasteiger partial charge in [-0.25, -0.2) is 4.39 Å². The molecule has 0 amide bonds. The molecule has 1 aromatic carbocycles. The van der Waals surface area contributed by atoms with E-state index in [-0.39, 0.29) is 11.3 Å². The highest BCUT2D eigenvalue weighted by Gasteiger charge is 2.15. The Labute approximate surface area is 106 Å². The van der Waals surface area contributed by atoms with Crippen LogP contribution in [0.15, 0.2) is 52.2 Å². The van der Waals surface area contributed by atoms with Crippen molar-refractivity contribution in [3.63, 3.8) is 0 Å². The van der Waals surface area contributed by atoms with E-state index in [0.29, 0.717) is 10.2 Å². The van der Waals surface area contributed by atoms with Crippen molar-refractivity contribution in [3.05, 3.63) is 64.1 Å². The maximum Gasteiger partial charge on any atom is 0.146 e. The normalized spacial score (nSPS) is 11.5.